The number of benzene rings is 1. The van der Waals surface area contributed by atoms with Crippen molar-refractivity contribution in [1.82, 2.24) is 4.90 Å². The number of unbranched alkanes of at least 4 members (excludes halogenated alkanes) is 3. The number of carbonyl (C=O) groups excluding carboxylic acids is 1. The van der Waals surface area contributed by atoms with Gasteiger partial charge in [0.15, 0.2) is 0 Å². The van der Waals surface area contributed by atoms with E-state index in [2.05, 4.69) is 0 Å². The minimum atomic E-state index is 0.105. The number of rotatable bonds is 7. The summed E-state index contributed by atoms with van der Waals surface area (Å²) in [6.07, 6.45) is 4.43. The van der Waals surface area contributed by atoms with Gasteiger partial charge in [-0.25, -0.2) is 0 Å². The molecular weight excluding hydrogens is 224 g/mol. The third-order valence-corrected chi connectivity index (χ3v) is 3.09. The summed E-state index contributed by atoms with van der Waals surface area (Å²) in [4.78, 5) is 13.9. The van der Waals surface area contributed by atoms with Crippen LogP contribution in [-0.2, 0) is 0 Å². The van der Waals surface area contributed by atoms with Crippen molar-refractivity contribution in [3.63, 3.8) is 0 Å². The van der Waals surface area contributed by atoms with E-state index in [0.29, 0.717) is 0 Å². The monoisotopic (exact) mass is 248 g/mol. The van der Waals surface area contributed by atoms with Crippen molar-refractivity contribution in [3.05, 3.63) is 35.4 Å². The van der Waals surface area contributed by atoms with Gasteiger partial charge in [-0.3, -0.25) is 4.79 Å². The van der Waals surface area contributed by atoms with Gasteiger partial charge in [0.2, 0.25) is 0 Å². The van der Waals surface area contributed by atoms with Crippen molar-refractivity contribution < 1.29 is 4.79 Å². The summed E-state index contributed by atoms with van der Waals surface area (Å²) in [7, 11) is 1.87. The van der Waals surface area contributed by atoms with Crippen LogP contribution in [-0.4, -0.2) is 30.9 Å². The number of nitrogens with zero attached hydrogens (tertiary/aromatic N) is 1. The lowest BCUT2D eigenvalue weighted by Gasteiger charge is -2.17. The van der Waals surface area contributed by atoms with Gasteiger partial charge in [0, 0.05) is 19.2 Å². The summed E-state index contributed by atoms with van der Waals surface area (Å²) < 4.78 is 0. The Morgan fingerprint density at radius 2 is 1.72 bits per heavy atom. The lowest BCUT2D eigenvalue weighted by molar-refractivity contribution is 0.0792. The van der Waals surface area contributed by atoms with Gasteiger partial charge >= 0.3 is 0 Å². The molecule has 0 unspecified atom stereocenters. The molecule has 0 spiro atoms. The number of amides is 1. The van der Waals surface area contributed by atoms with Crippen LogP contribution in [0.25, 0.3) is 0 Å². The zero-order valence-electron chi connectivity index (χ0n) is 11.5. The lowest BCUT2D eigenvalue weighted by Crippen LogP contribution is -2.27. The van der Waals surface area contributed by atoms with Crippen molar-refractivity contribution in [2.45, 2.75) is 32.6 Å². The van der Waals surface area contributed by atoms with Crippen LogP contribution < -0.4 is 5.73 Å². The molecule has 0 saturated carbocycles. The molecule has 1 amide bonds. The number of hydrogen-bond donors (Lipinski definition) is 1. The second-order valence-corrected chi connectivity index (χ2v) is 4.80. The van der Waals surface area contributed by atoms with Crippen LogP contribution >= 0.6 is 0 Å². The summed E-state index contributed by atoms with van der Waals surface area (Å²) in [6, 6.07) is 7.73. The van der Waals surface area contributed by atoms with Gasteiger partial charge in [-0.2, -0.15) is 0 Å². The van der Waals surface area contributed by atoms with Crippen LogP contribution in [0.5, 0.6) is 0 Å². The number of carbonyl (C=O) groups is 1. The Labute approximate surface area is 110 Å². The highest BCUT2D eigenvalue weighted by Crippen LogP contribution is 2.07. The van der Waals surface area contributed by atoms with Crippen LogP contribution in [0.3, 0.4) is 0 Å². The molecular formula is C15H24N2O. The van der Waals surface area contributed by atoms with E-state index in [1.54, 1.807) is 4.90 Å². The fourth-order valence-corrected chi connectivity index (χ4v) is 1.86. The first-order valence-corrected chi connectivity index (χ1v) is 6.67. The van der Waals surface area contributed by atoms with Crippen molar-refractivity contribution in [2.75, 3.05) is 20.1 Å². The molecule has 0 fully saturated rings. The van der Waals surface area contributed by atoms with Crippen LogP contribution in [0.4, 0.5) is 0 Å². The van der Waals surface area contributed by atoms with Gasteiger partial charge in [0.1, 0.15) is 0 Å². The van der Waals surface area contributed by atoms with Crippen molar-refractivity contribution in [2.24, 2.45) is 5.73 Å². The Balaban J connectivity index is 2.34. The first-order chi connectivity index (χ1) is 8.65. The minimum absolute atomic E-state index is 0.105. The van der Waals surface area contributed by atoms with E-state index >= 15 is 0 Å². The average Bonchev–Trinajstić information content (AvgIpc) is 2.38. The molecule has 0 saturated heterocycles. The molecule has 3 nitrogen and oxygen atoms in total. The molecule has 0 heterocycles. The summed E-state index contributed by atoms with van der Waals surface area (Å²) in [5.74, 6) is 0.105. The lowest BCUT2D eigenvalue weighted by atomic mass is 10.1. The molecule has 0 aliphatic carbocycles. The van der Waals surface area contributed by atoms with Gasteiger partial charge in [0.05, 0.1) is 0 Å². The van der Waals surface area contributed by atoms with Crippen LogP contribution in [0, 0.1) is 6.92 Å². The predicted molar refractivity (Wildman–Crippen MR) is 75.7 cm³/mol. The van der Waals surface area contributed by atoms with Gasteiger partial charge in [0.25, 0.3) is 5.91 Å². The molecule has 1 aromatic carbocycles. The summed E-state index contributed by atoms with van der Waals surface area (Å²) in [5.41, 5.74) is 7.39. The highest BCUT2D eigenvalue weighted by molar-refractivity contribution is 5.94. The Morgan fingerprint density at radius 3 is 2.33 bits per heavy atom. The summed E-state index contributed by atoms with van der Waals surface area (Å²) in [5, 5.41) is 0. The maximum Gasteiger partial charge on any atom is 0.253 e. The first kappa shape index (κ1) is 14.7. The molecule has 18 heavy (non-hydrogen) atoms. The fourth-order valence-electron chi connectivity index (χ4n) is 1.86. The fraction of sp³-hybridized carbons (Fsp3) is 0.533. The minimum Gasteiger partial charge on any atom is -0.342 e. The Bertz CT molecular complexity index is 359. The molecule has 1 aromatic rings. The summed E-state index contributed by atoms with van der Waals surface area (Å²) >= 11 is 0. The molecule has 0 aliphatic rings. The van der Waals surface area contributed by atoms with Crippen LogP contribution in [0.15, 0.2) is 24.3 Å². The normalized spacial score (nSPS) is 10.4. The van der Waals surface area contributed by atoms with Crippen LogP contribution in [0.1, 0.15) is 41.6 Å². The van der Waals surface area contributed by atoms with E-state index in [-0.39, 0.29) is 5.91 Å². The van der Waals surface area contributed by atoms with Gasteiger partial charge in [-0.15, -0.1) is 0 Å². The Hall–Kier alpha value is -1.35. The topological polar surface area (TPSA) is 46.3 Å². The number of nitrogens with two attached hydrogens (primary N) is 1. The van der Waals surface area contributed by atoms with E-state index in [0.717, 1.165) is 44.3 Å². The zero-order chi connectivity index (χ0) is 13.4. The Morgan fingerprint density at radius 1 is 1.11 bits per heavy atom. The van der Waals surface area contributed by atoms with E-state index < -0.39 is 0 Å². The standard InChI is InChI=1S/C15H24N2O/c1-13-7-9-14(10-8-13)15(18)17(2)12-6-4-3-5-11-16/h7-10H,3-6,11-12,16H2,1-2H3. The second-order valence-electron chi connectivity index (χ2n) is 4.80. The molecule has 2 N–H and O–H groups in total. The third kappa shape index (κ3) is 4.88. The number of hydrogen-bond acceptors (Lipinski definition) is 2. The van der Waals surface area contributed by atoms with E-state index in [9.17, 15) is 4.79 Å². The van der Waals surface area contributed by atoms with E-state index in [1.807, 2.05) is 38.2 Å². The van der Waals surface area contributed by atoms with Gasteiger partial charge in [-0.1, -0.05) is 30.5 Å². The quantitative estimate of drug-likeness (QED) is 0.754. The highest BCUT2D eigenvalue weighted by Gasteiger charge is 2.10. The third-order valence-electron chi connectivity index (χ3n) is 3.09. The summed E-state index contributed by atoms with van der Waals surface area (Å²) in [6.45, 7) is 3.60. The van der Waals surface area contributed by atoms with E-state index in [4.69, 9.17) is 5.73 Å². The predicted octanol–water partition coefficient (Wildman–Crippen LogP) is 2.59. The average molecular weight is 248 g/mol. The zero-order valence-corrected chi connectivity index (χ0v) is 11.5. The molecule has 0 radical (unpaired) electrons. The largest absolute Gasteiger partial charge is 0.342 e. The Kier molecular flexibility index (Phi) is 6.44. The molecule has 0 aromatic heterocycles. The number of aryl methyl sites for hydroxylation is 1. The molecule has 0 bridgehead atoms. The van der Waals surface area contributed by atoms with Gasteiger partial charge < -0.3 is 10.6 Å². The van der Waals surface area contributed by atoms with Crippen molar-refractivity contribution in [3.8, 4) is 0 Å². The maximum absolute atomic E-state index is 12.1. The first-order valence-electron chi connectivity index (χ1n) is 6.67. The highest BCUT2D eigenvalue weighted by atomic mass is 16.2. The second kappa shape index (κ2) is 7.88. The molecule has 0 aliphatic heterocycles. The maximum atomic E-state index is 12.1. The molecule has 3 heteroatoms. The smallest absolute Gasteiger partial charge is 0.253 e. The van der Waals surface area contributed by atoms with Crippen molar-refractivity contribution in [1.29, 1.82) is 0 Å². The SMILES string of the molecule is Cc1ccc(C(=O)N(C)CCCCCCN)cc1. The molecule has 0 atom stereocenters. The van der Waals surface area contributed by atoms with Crippen LogP contribution in [0.2, 0.25) is 0 Å². The van der Waals surface area contributed by atoms with Gasteiger partial charge in [-0.05, 0) is 38.4 Å². The van der Waals surface area contributed by atoms with E-state index in [1.165, 1.54) is 5.56 Å². The van der Waals surface area contributed by atoms with Crippen molar-refractivity contribution >= 4 is 5.91 Å². The molecule has 1 rings (SSSR count). The molecule has 100 valence electrons.